The van der Waals surface area contributed by atoms with E-state index in [0.29, 0.717) is 31.7 Å². The normalized spacial score (nSPS) is 16.6. The predicted molar refractivity (Wildman–Crippen MR) is 136 cm³/mol. The average molecular weight is 494 g/mol. The van der Waals surface area contributed by atoms with Gasteiger partial charge in [0.25, 0.3) is 0 Å². The van der Waals surface area contributed by atoms with E-state index < -0.39 is 5.82 Å². The Morgan fingerprint density at radius 1 is 0.917 bits per heavy atom. The second kappa shape index (κ2) is 12.0. The monoisotopic (exact) mass is 493 g/mol. The number of hydrogen-bond acceptors (Lipinski definition) is 3. The molecule has 0 aliphatic carbocycles. The Morgan fingerprint density at radius 3 is 2.22 bits per heavy atom. The molecule has 4 rings (SSSR count). The van der Waals surface area contributed by atoms with Crippen molar-refractivity contribution in [2.45, 2.75) is 19.0 Å². The lowest BCUT2D eigenvalue weighted by atomic mass is 10.0. The maximum absolute atomic E-state index is 13.8. The average Bonchev–Trinajstić information content (AvgIpc) is 2.86. The summed E-state index contributed by atoms with van der Waals surface area (Å²) in [6.07, 6.45) is 2.31. The lowest BCUT2D eigenvalue weighted by Crippen LogP contribution is -2.55. The van der Waals surface area contributed by atoms with Crippen LogP contribution >= 0.6 is 0 Å². The van der Waals surface area contributed by atoms with Gasteiger partial charge in [0.1, 0.15) is 17.5 Å². The quantitative estimate of drug-likeness (QED) is 0.390. The van der Waals surface area contributed by atoms with Crippen molar-refractivity contribution in [3.63, 3.8) is 0 Å². The minimum Gasteiger partial charge on any atom is -0.307 e. The summed E-state index contributed by atoms with van der Waals surface area (Å²) < 4.78 is 40.6. The van der Waals surface area contributed by atoms with Crippen LogP contribution in [0.3, 0.4) is 0 Å². The van der Waals surface area contributed by atoms with Crippen molar-refractivity contribution in [3.05, 3.63) is 114 Å². The number of hydrogen-bond donors (Lipinski definition) is 0. The van der Waals surface area contributed by atoms with E-state index in [2.05, 4.69) is 16.4 Å². The van der Waals surface area contributed by atoms with Crippen LogP contribution in [0.15, 0.2) is 85.5 Å². The first kappa shape index (κ1) is 25.7. The number of amides is 1. The van der Waals surface area contributed by atoms with Crippen LogP contribution in [0.5, 0.6) is 0 Å². The molecule has 0 bridgehead atoms. The number of benzene rings is 3. The Balaban J connectivity index is 1.48. The van der Waals surface area contributed by atoms with Crippen LogP contribution < -0.4 is 4.90 Å². The molecule has 0 N–H and O–H groups in total. The number of piperazine rings is 1. The van der Waals surface area contributed by atoms with Gasteiger partial charge in [0.15, 0.2) is 0 Å². The van der Waals surface area contributed by atoms with Gasteiger partial charge < -0.3 is 4.90 Å². The van der Waals surface area contributed by atoms with Gasteiger partial charge >= 0.3 is 0 Å². The molecule has 1 aliphatic heterocycles. The first-order valence-corrected chi connectivity index (χ1v) is 12.0. The fourth-order valence-electron chi connectivity index (χ4n) is 4.62. The van der Waals surface area contributed by atoms with Crippen molar-refractivity contribution in [1.82, 2.24) is 9.80 Å². The third kappa shape index (κ3) is 6.83. The van der Waals surface area contributed by atoms with Crippen LogP contribution in [0.25, 0.3) is 0 Å². The van der Waals surface area contributed by atoms with Crippen molar-refractivity contribution in [1.29, 1.82) is 0 Å². The Labute approximate surface area is 210 Å². The van der Waals surface area contributed by atoms with Crippen molar-refractivity contribution < 1.29 is 18.0 Å². The van der Waals surface area contributed by atoms with Crippen molar-refractivity contribution in [2.75, 3.05) is 37.6 Å². The van der Waals surface area contributed by atoms with Gasteiger partial charge in [0.2, 0.25) is 5.91 Å². The van der Waals surface area contributed by atoms with Crippen molar-refractivity contribution in [3.8, 4) is 0 Å². The van der Waals surface area contributed by atoms with E-state index in [0.717, 1.165) is 17.7 Å². The van der Waals surface area contributed by atoms with Crippen molar-refractivity contribution >= 4 is 11.6 Å². The summed E-state index contributed by atoms with van der Waals surface area (Å²) in [6, 6.07) is 19.0. The molecule has 1 amide bonds. The molecule has 3 aromatic rings. The van der Waals surface area contributed by atoms with Gasteiger partial charge in [-0.25, -0.2) is 13.2 Å². The van der Waals surface area contributed by atoms with Gasteiger partial charge in [-0.05, 0) is 60.0 Å². The highest BCUT2D eigenvalue weighted by molar-refractivity contribution is 5.95. The zero-order valence-electron chi connectivity index (χ0n) is 20.1. The second-order valence-corrected chi connectivity index (χ2v) is 9.09. The van der Waals surface area contributed by atoms with Crippen molar-refractivity contribution in [2.24, 2.45) is 0 Å². The van der Waals surface area contributed by atoms with Gasteiger partial charge in [-0.15, -0.1) is 6.58 Å². The lowest BCUT2D eigenvalue weighted by molar-refractivity contribution is -0.120. The first-order chi connectivity index (χ1) is 17.4. The fraction of sp³-hybridized carbons (Fsp3) is 0.276. The van der Waals surface area contributed by atoms with Gasteiger partial charge in [-0.1, -0.05) is 36.4 Å². The number of nitrogens with zero attached hydrogens (tertiary/aromatic N) is 3. The minimum absolute atomic E-state index is 0.0732. The molecule has 7 heteroatoms. The number of anilines is 1. The summed E-state index contributed by atoms with van der Waals surface area (Å²) in [5.41, 5.74) is 2.51. The molecular weight excluding hydrogens is 463 g/mol. The summed E-state index contributed by atoms with van der Waals surface area (Å²) in [7, 11) is 0. The predicted octanol–water partition coefficient (Wildman–Crippen LogP) is 5.05. The smallest absolute Gasteiger partial charge is 0.241 e. The summed E-state index contributed by atoms with van der Waals surface area (Å²) in [6.45, 7) is 6.90. The molecule has 0 saturated carbocycles. The molecule has 3 aromatic carbocycles. The first-order valence-electron chi connectivity index (χ1n) is 12.0. The molecule has 4 nitrogen and oxygen atoms in total. The Hall–Kier alpha value is -3.42. The molecule has 1 unspecified atom stereocenters. The highest BCUT2D eigenvalue weighted by Crippen LogP contribution is 2.21. The molecular formula is C29H30F3N3O. The van der Waals surface area contributed by atoms with Crippen LogP contribution in [-0.4, -0.2) is 54.5 Å². The summed E-state index contributed by atoms with van der Waals surface area (Å²) >= 11 is 0. The van der Waals surface area contributed by atoms with Gasteiger partial charge in [0, 0.05) is 44.5 Å². The molecule has 1 aliphatic rings. The van der Waals surface area contributed by atoms with E-state index in [1.165, 1.54) is 41.3 Å². The highest BCUT2D eigenvalue weighted by Gasteiger charge is 2.29. The maximum atomic E-state index is 13.8. The minimum atomic E-state index is -0.400. The molecule has 36 heavy (non-hydrogen) atoms. The molecule has 1 atom stereocenters. The lowest BCUT2D eigenvalue weighted by Gasteiger charge is -2.42. The third-order valence-corrected chi connectivity index (χ3v) is 6.46. The van der Waals surface area contributed by atoms with E-state index in [9.17, 15) is 18.0 Å². The number of halogens is 3. The largest absolute Gasteiger partial charge is 0.307 e. The SMILES string of the molecule is C=CCN(C(=O)CN1CCN(Cc2ccc(F)cc2)C(Cc2ccc(F)cc2)C1)c1cccc(F)c1. The molecule has 1 saturated heterocycles. The van der Waals surface area contributed by atoms with Crippen LogP contribution in [-0.2, 0) is 17.8 Å². The third-order valence-electron chi connectivity index (χ3n) is 6.46. The number of rotatable bonds is 9. The van der Waals surface area contributed by atoms with Gasteiger partial charge in [-0.2, -0.15) is 0 Å². The van der Waals surface area contributed by atoms with E-state index in [1.54, 1.807) is 42.5 Å². The molecule has 188 valence electrons. The van der Waals surface area contributed by atoms with Crippen LogP contribution in [0, 0.1) is 17.5 Å². The summed E-state index contributed by atoms with van der Waals surface area (Å²) in [4.78, 5) is 19.2. The molecule has 1 fully saturated rings. The van der Waals surface area contributed by atoms with Crippen LogP contribution in [0.2, 0.25) is 0 Å². The zero-order chi connectivity index (χ0) is 25.5. The molecule has 0 spiro atoms. The Kier molecular flexibility index (Phi) is 8.57. The molecule has 1 heterocycles. The van der Waals surface area contributed by atoms with E-state index in [4.69, 9.17) is 0 Å². The molecule has 0 radical (unpaired) electrons. The Morgan fingerprint density at radius 2 is 1.58 bits per heavy atom. The number of carbonyl (C=O) groups is 1. The second-order valence-electron chi connectivity index (χ2n) is 9.09. The molecule has 0 aromatic heterocycles. The zero-order valence-corrected chi connectivity index (χ0v) is 20.1. The summed E-state index contributed by atoms with van der Waals surface area (Å²) in [5, 5.41) is 0. The van der Waals surface area contributed by atoms with E-state index >= 15 is 0 Å². The van der Waals surface area contributed by atoms with Crippen LogP contribution in [0.1, 0.15) is 11.1 Å². The number of carbonyl (C=O) groups excluding carboxylic acids is 1. The highest BCUT2D eigenvalue weighted by atomic mass is 19.1. The fourth-order valence-corrected chi connectivity index (χ4v) is 4.62. The Bertz CT molecular complexity index is 1170. The van der Waals surface area contributed by atoms with E-state index in [1.807, 2.05) is 0 Å². The topological polar surface area (TPSA) is 26.8 Å². The summed E-state index contributed by atoms with van der Waals surface area (Å²) in [5.74, 6) is -1.08. The van der Waals surface area contributed by atoms with Crippen LogP contribution in [0.4, 0.5) is 18.9 Å². The maximum Gasteiger partial charge on any atom is 0.241 e. The van der Waals surface area contributed by atoms with E-state index in [-0.39, 0.29) is 36.7 Å². The van der Waals surface area contributed by atoms with Gasteiger partial charge in [0.05, 0.1) is 6.54 Å². The van der Waals surface area contributed by atoms with Gasteiger partial charge in [-0.3, -0.25) is 14.6 Å². The standard InChI is InChI=1S/C29H30F3N3O/c1-2-14-35(27-5-3-4-26(32)18-27)29(36)21-33-15-16-34(19-23-8-12-25(31)13-9-23)28(20-33)17-22-6-10-24(30)11-7-22/h2-13,18,28H,1,14-17,19-21H2.